The Hall–Kier alpha value is -3.30. The maximum Gasteiger partial charge on any atom is 0.339 e. The van der Waals surface area contributed by atoms with Crippen LogP contribution < -0.4 is 10.5 Å². The van der Waals surface area contributed by atoms with Crippen molar-refractivity contribution in [2.24, 2.45) is 11.1 Å². The summed E-state index contributed by atoms with van der Waals surface area (Å²) in [5, 5.41) is 8.41. The summed E-state index contributed by atoms with van der Waals surface area (Å²) in [6.07, 6.45) is 1.40. The zero-order valence-electron chi connectivity index (χ0n) is 18.4. The van der Waals surface area contributed by atoms with Crippen molar-refractivity contribution in [3.63, 3.8) is 0 Å². The maximum atomic E-state index is 13.3. The number of hydrogen-bond donors (Lipinski definition) is 2. The summed E-state index contributed by atoms with van der Waals surface area (Å²) < 4.78 is 28.6. The number of carbonyl (C=O) groups excluding carboxylic acids is 2. The number of pyridine rings is 1. The van der Waals surface area contributed by atoms with Crippen LogP contribution in [0.3, 0.4) is 0 Å². The van der Waals surface area contributed by atoms with E-state index in [0.717, 1.165) is 36.0 Å². The van der Waals surface area contributed by atoms with Crippen molar-refractivity contribution < 1.29 is 22.7 Å². The Bertz CT molecular complexity index is 1350. The van der Waals surface area contributed by atoms with Crippen molar-refractivity contribution >= 4 is 38.5 Å². The van der Waals surface area contributed by atoms with E-state index in [4.69, 9.17) is 14.9 Å². The molecule has 0 saturated carbocycles. The summed E-state index contributed by atoms with van der Waals surface area (Å²) >= 11 is 0. The molecule has 0 fully saturated rings. The van der Waals surface area contributed by atoms with Gasteiger partial charge in [-0.1, -0.05) is 31.2 Å². The van der Waals surface area contributed by atoms with E-state index in [2.05, 4.69) is 12.2 Å². The predicted octanol–water partition coefficient (Wildman–Crippen LogP) is 3.19. The second kappa shape index (κ2) is 8.92. The van der Waals surface area contributed by atoms with Crippen LogP contribution in [0.4, 0.5) is 5.69 Å². The Morgan fingerprint density at radius 2 is 1.94 bits per heavy atom. The lowest BCUT2D eigenvalue weighted by Gasteiger charge is -2.24. The molecule has 0 spiro atoms. The van der Waals surface area contributed by atoms with Crippen LogP contribution in [0.5, 0.6) is 0 Å². The van der Waals surface area contributed by atoms with Crippen LogP contribution in [0.1, 0.15) is 41.9 Å². The van der Waals surface area contributed by atoms with E-state index in [1.807, 2.05) is 24.3 Å². The van der Waals surface area contributed by atoms with Gasteiger partial charge in [0.05, 0.1) is 16.0 Å². The molecule has 0 radical (unpaired) electrons. The number of sulfonamides is 1. The molecule has 8 nitrogen and oxygen atoms in total. The molecule has 4 rings (SSSR count). The molecule has 2 unspecified atom stereocenters. The molecule has 3 N–H and O–H groups in total. The maximum absolute atomic E-state index is 13.3. The molecule has 172 valence electrons. The lowest BCUT2D eigenvalue weighted by atomic mass is 9.84. The minimum atomic E-state index is -3.91. The average Bonchev–Trinajstić information content (AvgIpc) is 2.77. The summed E-state index contributed by atoms with van der Waals surface area (Å²) in [6, 6.07) is 13.0. The number of nitrogens with one attached hydrogen (secondary N) is 1. The van der Waals surface area contributed by atoms with Gasteiger partial charge in [0.15, 0.2) is 6.10 Å². The van der Waals surface area contributed by atoms with E-state index in [1.165, 1.54) is 31.2 Å². The highest BCUT2D eigenvalue weighted by atomic mass is 32.2. The number of hydrogen-bond acceptors (Lipinski definition) is 6. The number of nitrogens with zero attached hydrogens (tertiary/aromatic N) is 1. The van der Waals surface area contributed by atoms with E-state index in [1.54, 1.807) is 0 Å². The highest BCUT2D eigenvalue weighted by molar-refractivity contribution is 7.89. The van der Waals surface area contributed by atoms with Crippen molar-refractivity contribution in [1.82, 2.24) is 4.98 Å². The standard InChI is InChI=1S/C24H25N3O5S/c1-14-10-11-21-19(12-14)22(18-8-3-4-9-20(18)27-21)24(29)32-15(2)23(28)26-16-6-5-7-17(13-16)33(25,30)31/h3-9,13-15H,10-12H2,1-2H3,(H,26,28)(H2,25,30,31). The summed E-state index contributed by atoms with van der Waals surface area (Å²) in [6.45, 7) is 3.61. The summed E-state index contributed by atoms with van der Waals surface area (Å²) in [5.41, 5.74) is 3.18. The number of para-hydroxylation sites is 1. The van der Waals surface area contributed by atoms with E-state index >= 15 is 0 Å². The van der Waals surface area contributed by atoms with Crippen molar-refractivity contribution in [2.45, 2.75) is 44.1 Å². The average molecular weight is 468 g/mol. The fourth-order valence-corrected chi connectivity index (χ4v) is 4.62. The molecule has 3 aromatic rings. The van der Waals surface area contributed by atoms with Gasteiger partial charge in [0, 0.05) is 16.8 Å². The smallest absolute Gasteiger partial charge is 0.339 e. The molecule has 33 heavy (non-hydrogen) atoms. The van der Waals surface area contributed by atoms with Gasteiger partial charge in [-0.15, -0.1) is 0 Å². The topological polar surface area (TPSA) is 128 Å². The Labute approximate surface area is 192 Å². The zero-order valence-corrected chi connectivity index (χ0v) is 19.2. The third-order valence-electron chi connectivity index (χ3n) is 5.79. The predicted molar refractivity (Wildman–Crippen MR) is 124 cm³/mol. The number of rotatable bonds is 5. The second-order valence-electron chi connectivity index (χ2n) is 8.39. The van der Waals surface area contributed by atoms with Crippen molar-refractivity contribution in [3.8, 4) is 0 Å². The highest BCUT2D eigenvalue weighted by Gasteiger charge is 2.28. The largest absolute Gasteiger partial charge is 0.449 e. The van der Waals surface area contributed by atoms with Crippen LogP contribution in [0, 0.1) is 5.92 Å². The molecule has 1 aromatic heterocycles. The minimum absolute atomic E-state index is 0.131. The van der Waals surface area contributed by atoms with Crippen LogP contribution in [-0.4, -0.2) is 31.4 Å². The van der Waals surface area contributed by atoms with Gasteiger partial charge in [-0.05, 0) is 61.9 Å². The molecule has 1 heterocycles. The number of nitrogens with two attached hydrogens (primary N) is 1. The van der Waals surface area contributed by atoms with Gasteiger partial charge in [0.1, 0.15) is 0 Å². The van der Waals surface area contributed by atoms with Crippen molar-refractivity contribution in [2.75, 3.05) is 5.32 Å². The van der Waals surface area contributed by atoms with Crippen molar-refractivity contribution in [1.29, 1.82) is 0 Å². The van der Waals surface area contributed by atoms with E-state index in [-0.39, 0.29) is 10.6 Å². The van der Waals surface area contributed by atoms with Gasteiger partial charge in [-0.3, -0.25) is 9.78 Å². The molecule has 2 aromatic carbocycles. The zero-order chi connectivity index (χ0) is 23.8. The molecule has 0 saturated heterocycles. The number of anilines is 1. The third kappa shape index (κ3) is 4.89. The van der Waals surface area contributed by atoms with E-state index in [9.17, 15) is 18.0 Å². The van der Waals surface area contributed by atoms with Gasteiger partial charge < -0.3 is 10.1 Å². The molecule has 0 bridgehead atoms. The molecule has 1 amide bonds. The number of aryl methyl sites for hydroxylation is 1. The quantitative estimate of drug-likeness (QED) is 0.555. The monoisotopic (exact) mass is 467 g/mol. The van der Waals surface area contributed by atoms with Gasteiger partial charge >= 0.3 is 5.97 Å². The molecule has 1 aliphatic carbocycles. The molecular weight excluding hydrogens is 442 g/mol. The molecule has 1 aliphatic rings. The van der Waals surface area contributed by atoms with Crippen LogP contribution in [0.15, 0.2) is 53.4 Å². The molecule has 9 heteroatoms. The van der Waals surface area contributed by atoms with Gasteiger partial charge in [-0.25, -0.2) is 18.4 Å². The molecular formula is C24H25N3O5S. The molecule has 0 aliphatic heterocycles. The number of amides is 1. The van der Waals surface area contributed by atoms with Crippen LogP contribution in [0.25, 0.3) is 10.9 Å². The lowest BCUT2D eigenvalue weighted by molar-refractivity contribution is -0.123. The normalized spacial score (nSPS) is 16.6. The first-order valence-electron chi connectivity index (χ1n) is 10.7. The number of ether oxygens (including phenoxy) is 1. The Kier molecular flexibility index (Phi) is 6.18. The van der Waals surface area contributed by atoms with Crippen molar-refractivity contribution in [3.05, 3.63) is 65.4 Å². The number of primary sulfonamides is 1. The third-order valence-corrected chi connectivity index (χ3v) is 6.70. The van der Waals surface area contributed by atoms with Gasteiger partial charge in [0.25, 0.3) is 5.91 Å². The number of esters is 1. The fraction of sp³-hybridized carbons (Fsp3) is 0.292. The Morgan fingerprint density at radius 3 is 2.70 bits per heavy atom. The van der Waals surface area contributed by atoms with E-state index in [0.29, 0.717) is 16.9 Å². The first kappa shape index (κ1) is 22.9. The fourth-order valence-electron chi connectivity index (χ4n) is 4.06. The number of benzene rings is 2. The van der Waals surface area contributed by atoms with Gasteiger partial charge in [-0.2, -0.15) is 0 Å². The van der Waals surface area contributed by atoms with E-state index < -0.39 is 28.0 Å². The van der Waals surface area contributed by atoms with Crippen LogP contribution in [-0.2, 0) is 32.4 Å². The number of fused-ring (bicyclic) bond motifs is 2. The minimum Gasteiger partial charge on any atom is -0.449 e. The van der Waals surface area contributed by atoms with Gasteiger partial charge in [0.2, 0.25) is 10.0 Å². The summed E-state index contributed by atoms with van der Waals surface area (Å²) in [4.78, 5) is 30.5. The first-order valence-corrected chi connectivity index (χ1v) is 12.2. The summed E-state index contributed by atoms with van der Waals surface area (Å²) in [7, 11) is -3.91. The molecule has 2 atom stereocenters. The lowest BCUT2D eigenvalue weighted by Crippen LogP contribution is -2.31. The number of carbonyl (C=O) groups is 2. The second-order valence-corrected chi connectivity index (χ2v) is 9.95. The number of aromatic nitrogens is 1. The van der Waals surface area contributed by atoms with Crippen LogP contribution in [0.2, 0.25) is 0 Å². The SMILES string of the molecule is CC1CCc2nc3ccccc3c(C(=O)OC(C)C(=O)Nc3cccc(S(N)(=O)=O)c3)c2C1. The summed E-state index contributed by atoms with van der Waals surface area (Å²) in [5.74, 6) is -0.755. The highest BCUT2D eigenvalue weighted by Crippen LogP contribution is 2.32. The Morgan fingerprint density at radius 1 is 1.18 bits per heavy atom. The Balaban J connectivity index is 1.58. The van der Waals surface area contributed by atoms with Crippen LogP contribution >= 0.6 is 0 Å². The first-order chi connectivity index (χ1) is 15.6.